The van der Waals surface area contributed by atoms with Gasteiger partial charge in [0.1, 0.15) is 17.4 Å². The van der Waals surface area contributed by atoms with Gasteiger partial charge in [0.15, 0.2) is 11.0 Å². The summed E-state index contributed by atoms with van der Waals surface area (Å²) < 4.78 is 22.0. The quantitative estimate of drug-likeness (QED) is 0.299. The van der Waals surface area contributed by atoms with E-state index < -0.39 is 23.0 Å². The molecule has 9 heteroatoms. The summed E-state index contributed by atoms with van der Waals surface area (Å²) in [6, 6.07) is -0.913. The third kappa shape index (κ3) is 5.48. The van der Waals surface area contributed by atoms with Gasteiger partial charge in [-0.2, -0.15) is 0 Å². The molecular formula is C20H32N4O4S. The number of hydrogen-bond acceptors (Lipinski definition) is 5. The standard InChI is InChI=1S/C20H32N4O4S/c1-11-12(2)17(13(3)14-8-9-20(4,5)28-16(11)14)29(27)24-19(22)23-10-6-7-15(21)18(25)26/h15H,6-10,21H2,1-5H3,(H,25,26)(H3,22,23,24). The number of benzene rings is 1. The van der Waals surface area contributed by atoms with E-state index in [9.17, 15) is 9.00 Å². The van der Waals surface area contributed by atoms with Gasteiger partial charge in [-0.25, -0.2) is 4.21 Å². The summed E-state index contributed by atoms with van der Waals surface area (Å²) in [7, 11) is -1.57. The topological polar surface area (TPSA) is 140 Å². The number of aliphatic carboxylic acids is 1. The van der Waals surface area contributed by atoms with Crippen molar-refractivity contribution in [1.29, 1.82) is 0 Å². The summed E-state index contributed by atoms with van der Waals surface area (Å²) >= 11 is 0. The number of aliphatic imine (C=N–C) groups is 1. The minimum Gasteiger partial charge on any atom is -0.487 e. The number of guanidine groups is 1. The molecule has 29 heavy (non-hydrogen) atoms. The molecule has 2 unspecified atom stereocenters. The zero-order valence-electron chi connectivity index (χ0n) is 17.8. The molecule has 1 aromatic rings. The number of nitrogens with one attached hydrogen (secondary N) is 1. The molecule has 6 N–H and O–H groups in total. The van der Waals surface area contributed by atoms with Crippen molar-refractivity contribution < 1.29 is 18.8 Å². The van der Waals surface area contributed by atoms with Gasteiger partial charge in [0.2, 0.25) is 5.96 Å². The van der Waals surface area contributed by atoms with Crippen molar-refractivity contribution in [3.8, 4) is 5.75 Å². The van der Waals surface area contributed by atoms with E-state index in [-0.39, 0.29) is 11.6 Å². The lowest BCUT2D eigenvalue weighted by molar-refractivity contribution is -0.138. The van der Waals surface area contributed by atoms with Gasteiger partial charge < -0.3 is 21.3 Å². The van der Waals surface area contributed by atoms with Crippen LogP contribution in [0, 0.1) is 20.8 Å². The lowest BCUT2D eigenvalue weighted by atomic mass is 9.88. The van der Waals surface area contributed by atoms with E-state index in [1.807, 2.05) is 20.8 Å². The molecule has 0 saturated carbocycles. The van der Waals surface area contributed by atoms with Crippen molar-refractivity contribution >= 4 is 22.9 Å². The highest BCUT2D eigenvalue weighted by Gasteiger charge is 2.31. The van der Waals surface area contributed by atoms with Crippen LogP contribution in [-0.4, -0.2) is 39.4 Å². The van der Waals surface area contributed by atoms with Crippen LogP contribution in [0.1, 0.15) is 55.4 Å². The zero-order valence-corrected chi connectivity index (χ0v) is 18.6. The van der Waals surface area contributed by atoms with Crippen LogP contribution in [0.2, 0.25) is 0 Å². The number of carboxylic acids is 1. The Labute approximate surface area is 174 Å². The Kier molecular flexibility index (Phi) is 7.29. The highest BCUT2D eigenvalue weighted by atomic mass is 32.2. The second-order valence-electron chi connectivity index (χ2n) is 8.10. The molecule has 1 heterocycles. The van der Waals surface area contributed by atoms with Crippen LogP contribution in [0.5, 0.6) is 5.75 Å². The number of rotatable bonds is 7. The smallest absolute Gasteiger partial charge is 0.320 e. The number of carbonyl (C=O) groups is 1. The van der Waals surface area contributed by atoms with E-state index in [4.69, 9.17) is 21.3 Å². The van der Waals surface area contributed by atoms with Gasteiger partial charge in [-0.3, -0.25) is 14.5 Å². The molecule has 2 rings (SSSR count). The largest absolute Gasteiger partial charge is 0.487 e. The molecule has 0 aliphatic carbocycles. The lowest BCUT2D eigenvalue weighted by Crippen LogP contribution is -2.36. The Morgan fingerprint density at radius 1 is 1.31 bits per heavy atom. The normalized spacial score (nSPS) is 17.8. The van der Waals surface area contributed by atoms with Crippen molar-refractivity contribution in [2.45, 2.75) is 76.8 Å². The van der Waals surface area contributed by atoms with Gasteiger partial charge in [-0.15, -0.1) is 0 Å². The summed E-state index contributed by atoms with van der Waals surface area (Å²) in [5.41, 5.74) is 15.1. The van der Waals surface area contributed by atoms with Gasteiger partial charge in [-0.1, -0.05) is 0 Å². The lowest BCUT2D eigenvalue weighted by Gasteiger charge is -2.35. The van der Waals surface area contributed by atoms with Gasteiger partial charge in [0.25, 0.3) is 0 Å². The Morgan fingerprint density at radius 3 is 2.59 bits per heavy atom. The summed E-state index contributed by atoms with van der Waals surface area (Å²) in [4.78, 5) is 15.5. The van der Waals surface area contributed by atoms with Crippen molar-refractivity contribution in [2.24, 2.45) is 16.5 Å². The van der Waals surface area contributed by atoms with E-state index in [1.54, 1.807) is 0 Å². The van der Waals surface area contributed by atoms with Crippen molar-refractivity contribution in [3.05, 3.63) is 22.3 Å². The zero-order chi connectivity index (χ0) is 21.9. The van der Waals surface area contributed by atoms with Crippen LogP contribution in [0.15, 0.2) is 9.89 Å². The molecule has 162 valence electrons. The van der Waals surface area contributed by atoms with Crippen molar-refractivity contribution in [3.63, 3.8) is 0 Å². The Bertz CT molecular complexity index is 852. The number of nitrogens with two attached hydrogens (primary N) is 2. The predicted octanol–water partition coefficient (Wildman–Crippen LogP) is 1.83. The third-order valence-corrected chi connectivity index (χ3v) is 6.70. The van der Waals surface area contributed by atoms with Crippen LogP contribution in [0.3, 0.4) is 0 Å². The van der Waals surface area contributed by atoms with Gasteiger partial charge in [-0.05, 0) is 82.6 Å². The number of carboxylic acid groups (broad SMARTS) is 1. The highest BCUT2D eigenvalue weighted by Crippen LogP contribution is 2.41. The van der Waals surface area contributed by atoms with E-state index in [2.05, 4.69) is 23.6 Å². The van der Waals surface area contributed by atoms with Crippen LogP contribution < -0.4 is 20.9 Å². The first kappa shape index (κ1) is 23.2. The van der Waals surface area contributed by atoms with E-state index in [0.29, 0.717) is 24.3 Å². The predicted molar refractivity (Wildman–Crippen MR) is 115 cm³/mol. The second-order valence-corrected chi connectivity index (χ2v) is 9.25. The molecule has 0 aromatic heterocycles. The molecule has 0 amide bonds. The summed E-state index contributed by atoms with van der Waals surface area (Å²) in [6.45, 7) is 10.3. The average Bonchev–Trinajstić information content (AvgIpc) is 2.62. The van der Waals surface area contributed by atoms with Gasteiger partial charge in [0, 0.05) is 6.54 Å². The van der Waals surface area contributed by atoms with Crippen LogP contribution in [-0.2, 0) is 22.2 Å². The molecule has 8 nitrogen and oxygen atoms in total. The molecule has 0 saturated heterocycles. The second kappa shape index (κ2) is 9.13. The Balaban J connectivity index is 2.14. The molecule has 0 spiro atoms. The minimum atomic E-state index is -1.57. The SMILES string of the molecule is Cc1c(C)c(S(=O)NC(N)=NCCCC(N)C(=O)O)c(C)c2c1OC(C)(C)CC2. The summed E-state index contributed by atoms with van der Waals surface area (Å²) in [6.07, 6.45) is 2.54. The van der Waals surface area contributed by atoms with E-state index in [1.165, 1.54) is 0 Å². The fourth-order valence-electron chi connectivity index (χ4n) is 3.44. The van der Waals surface area contributed by atoms with Gasteiger partial charge in [0.05, 0.1) is 4.90 Å². The maximum Gasteiger partial charge on any atom is 0.320 e. The number of ether oxygens (including phenoxy) is 1. The Hall–Kier alpha value is -2.13. The maximum atomic E-state index is 13.0. The number of hydrogen-bond donors (Lipinski definition) is 4. The molecule has 1 aromatic carbocycles. The molecule has 1 aliphatic heterocycles. The van der Waals surface area contributed by atoms with Crippen LogP contribution >= 0.6 is 0 Å². The maximum absolute atomic E-state index is 13.0. The van der Waals surface area contributed by atoms with Crippen molar-refractivity contribution in [2.75, 3.05) is 6.54 Å². The first-order chi connectivity index (χ1) is 13.4. The number of fused-ring (bicyclic) bond motifs is 1. The summed E-state index contributed by atoms with van der Waals surface area (Å²) in [5, 5.41) is 8.78. The van der Waals surface area contributed by atoms with E-state index in [0.717, 1.165) is 40.8 Å². The fourth-order valence-corrected chi connectivity index (χ4v) is 4.63. The monoisotopic (exact) mass is 424 g/mol. The summed E-state index contributed by atoms with van der Waals surface area (Å²) in [5.74, 6) is -0.0885. The van der Waals surface area contributed by atoms with Crippen LogP contribution in [0.4, 0.5) is 0 Å². The molecular weight excluding hydrogens is 392 g/mol. The first-order valence-electron chi connectivity index (χ1n) is 9.73. The van der Waals surface area contributed by atoms with Crippen molar-refractivity contribution in [1.82, 2.24) is 4.72 Å². The average molecular weight is 425 g/mol. The third-order valence-electron chi connectivity index (χ3n) is 5.32. The Morgan fingerprint density at radius 2 is 1.97 bits per heavy atom. The minimum absolute atomic E-state index is 0.0544. The first-order valence-corrected chi connectivity index (χ1v) is 10.9. The number of nitrogens with zero attached hydrogens (tertiary/aromatic N) is 1. The van der Waals surface area contributed by atoms with Crippen LogP contribution in [0.25, 0.3) is 0 Å². The molecule has 1 aliphatic rings. The molecule has 2 atom stereocenters. The molecule has 0 bridgehead atoms. The molecule has 0 radical (unpaired) electrons. The van der Waals surface area contributed by atoms with E-state index >= 15 is 0 Å². The highest BCUT2D eigenvalue weighted by molar-refractivity contribution is 7.83. The van der Waals surface area contributed by atoms with Gasteiger partial charge >= 0.3 is 5.97 Å². The fraction of sp³-hybridized carbons (Fsp3) is 0.600. The molecule has 0 fully saturated rings.